The molecule has 0 heterocycles. The Morgan fingerprint density at radius 1 is 1.00 bits per heavy atom. The van der Waals surface area contributed by atoms with Crippen LogP contribution in [0, 0.1) is 0 Å². The van der Waals surface area contributed by atoms with Crippen LogP contribution in [0.5, 0.6) is 0 Å². The van der Waals surface area contributed by atoms with Crippen molar-refractivity contribution in [3.63, 3.8) is 0 Å². The summed E-state index contributed by atoms with van der Waals surface area (Å²) < 4.78 is 0. The molecule has 0 aliphatic rings. The second-order valence-corrected chi connectivity index (χ2v) is 4.59. The zero-order valence-electron chi connectivity index (χ0n) is 11.6. The average Bonchev–Trinajstić information content (AvgIpc) is 2.49. The fourth-order valence-electron chi connectivity index (χ4n) is 1.76. The van der Waals surface area contributed by atoms with E-state index in [0.717, 1.165) is 11.6 Å². The summed E-state index contributed by atoms with van der Waals surface area (Å²) in [5.74, 6) is -1.32. The van der Waals surface area contributed by atoms with E-state index in [2.05, 4.69) is 5.32 Å². The molecule has 0 fully saturated rings. The van der Waals surface area contributed by atoms with Crippen LogP contribution in [0.25, 0.3) is 6.08 Å². The van der Waals surface area contributed by atoms with Crippen molar-refractivity contribution in [2.45, 2.75) is 0 Å². The van der Waals surface area contributed by atoms with Crippen LogP contribution in [0.1, 0.15) is 15.9 Å². The molecule has 0 spiro atoms. The number of benzene rings is 2. The number of nitrogens with two attached hydrogens (primary N) is 2. The van der Waals surface area contributed by atoms with Crippen molar-refractivity contribution in [2.24, 2.45) is 0 Å². The molecule has 0 bridgehead atoms. The number of carbonyl (C=O) groups is 2. The first kappa shape index (κ1) is 15.1. The number of anilines is 3. The number of carbonyl (C=O) groups excluding carboxylic acids is 1. The van der Waals surface area contributed by atoms with Gasteiger partial charge in [-0.3, -0.25) is 4.79 Å². The van der Waals surface area contributed by atoms with Gasteiger partial charge in [0.15, 0.2) is 0 Å². The van der Waals surface area contributed by atoms with Gasteiger partial charge in [-0.1, -0.05) is 12.1 Å². The van der Waals surface area contributed by atoms with Crippen LogP contribution < -0.4 is 16.8 Å². The smallest absolute Gasteiger partial charge is 0.328 e. The predicted molar refractivity (Wildman–Crippen MR) is 86.3 cm³/mol. The Kier molecular flexibility index (Phi) is 4.43. The minimum absolute atomic E-state index is 0.305. The number of amides is 1. The van der Waals surface area contributed by atoms with E-state index in [-0.39, 0.29) is 5.91 Å². The van der Waals surface area contributed by atoms with Crippen LogP contribution in [-0.2, 0) is 4.79 Å². The van der Waals surface area contributed by atoms with Gasteiger partial charge in [0.05, 0.1) is 11.4 Å². The average molecular weight is 297 g/mol. The quantitative estimate of drug-likeness (QED) is 0.509. The summed E-state index contributed by atoms with van der Waals surface area (Å²) in [5, 5.41) is 11.3. The van der Waals surface area contributed by atoms with Gasteiger partial charge in [-0.15, -0.1) is 0 Å². The normalized spacial score (nSPS) is 10.5. The van der Waals surface area contributed by atoms with Gasteiger partial charge >= 0.3 is 5.97 Å². The Morgan fingerprint density at radius 2 is 1.68 bits per heavy atom. The van der Waals surface area contributed by atoms with Crippen molar-refractivity contribution in [1.29, 1.82) is 0 Å². The summed E-state index contributed by atoms with van der Waals surface area (Å²) in [5.41, 5.74) is 13.8. The second-order valence-electron chi connectivity index (χ2n) is 4.59. The highest BCUT2D eigenvalue weighted by molar-refractivity contribution is 6.05. The van der Waals surface area contributed by atoms with Gasteiger partial charge < -0.3 is 21.9 Å². The van der Waals surface area contributed by atoms with Crippen molar-refractivity contribution in [3.8, 4) is 0 Å². The van der Waals surface area contributed by atoms with Crippen molar-refractivity contribution in [1.82, 2.24) is 0 Å². The molecule has 0 atom stereocenters. The van der Waals surface area contributed by atoms with Crippen LogP contribution in [0.15, 0.2) is 48.5 Å². The number of hydrogen-bond acceptors (Lipinski definition) is 4. The first-order valence-electron chi connectivity index (χ1n) is 6.43. The lowest BCUT2D eigenvalue weighted by Crippen LogP contribution is -2.12. The van der Waals surface area contributed by atoms with Gasteiger partial charge in [0.2, 0.25) is 0 Å². The SMILES string of the molecule is Nc1ccc(C(=O)Nc2ccc(/C=C/C(=O)O)cc2)cc1N. The Balaban J connectivity index is 2.08. The van der Waals surface area contributed by atoms with E-state index < -0.39 is 5.97 Å². The van der Waals surface area contributed by atoms with E-state index >= 15 is 0 Å². The third kappa shape index (κ3) is 3.86. The zero-order valence-corrected chi connectivity index (χ0v) is 11.6. The molecule has 6 N–H and O–H groups in total. The molecule has 0 aromatic heterocycles. The number of carboxylic acid groups (broad SMARTS) is 1. The number of nitrogens with one attached hydrogen (secondary N) is 1. The molecular formula is C16H15N3O3. The molecule has 0 unspecified atom stereocenters. The first-order chi connectivity index (χ1) is 10.5. The molecule has 112 valence electrons. The highest BCUT2D eigenvalue weighted by Gasteiger charge is 2.07. The molecule has 2 aromatic carbocycles. The lowest BCUT2D eigenvalue weighted by molar-refractivity contribution is -0.131. The van der Waals surface area contributed by atoms with Gasteiger partial charge in [-0.05, 0) is 42.0 Å². The van der Waals surface area contributed by atoms with E-state index in [1.807, 2.05) is 0 Å². The number of aliphatic carboxylic acids is 1. The van der Waals surface area contributed by atoms with Crippen molar-refractivity contribution >= 4 is 35.0 Å². The summed E-state index contributed by atoms with van der Waals surface area (Å²) in [6.45, 7) is 0. The van der Waals surface area contributed by atoms with E-state index in [0.29, 0.717) is 22.6 Å². The predicted octanol–water partition coefficient (Wildman–Crippen LogP) is 2.20. The Morgan fingerprint density at radius 3 is 2.27 bits per heavy atom. The molecule has 1 amide bonds. The fourth-order valence-corrected chi connectivity index (χ4v) is 1.76. The maximum absolute atomic E-state index is 12.1. The fraction of sp³-hybridized carbons (Fsp3) is 0. The van der Waals surface area contributed by atoms with Crippen LogP contribution >= 0.6 is 0 Å². The van der Waals surface area contributed by atoms with Crippen molar-refractivity contribution in [2.75, 3.05) is 16.8 Å². The summed E-state index contributed by atoms with van der Waals surface area (Å²) >= 11 is 0. The lowest BCUT2D eigenvalue weighted by Gasteiger charge is -2.07. The van der Waals surface area contributed by atoms with Crippen LogP contribution in [0.4, 0.5) is 17.1 Å². The molecule has 6 heteroatoms. The molecule has 0 aliphatic heterocycles. The third-order valence-corrected chi connectivity index (χ3v) is 2.94. The van der Waals surface area contributed by atoms with E-state index in [4.69, 9.17) is 16.6 Å². The topological polar surface area (TPSA) is 118 Å². The van der Waals surface area contributed by atoms with Gasteiger partial charge in [0.1, 0.15) is 0 Å². The number of rotatable bonds is 4. The van der Waals surface area contributed by atoms with Crippen LogP contribution in [0.3, 0.4) is 0 Å². The highest BCUT2D eigenvalue weighted by atomic mass is 16.4. The molecule has 6 nitrogen and oxygen atoms in total. The summed E-state index contributed by atoms with van der Waals surface area (Å²) in [4.78, 5) is 22.5. The maximum Gasteiger partial charge on any atom is 0.328 e. The van der Waals surface area contributed by atoms with Crippen molar-refractivity contribution < 1.29 is 14.7 Å². The summed E-state index contributed by atoms with van der Waals surface area (Å²) in [6.07, 6.45) is 2.51. The monoisotopic (exact) mass is 297 g/mol. The largest absolute Gasteiger partial charge is 0.478 e. The molecular weight excluding hydrogens is 282 g/mol. The molecule has 2 aromatic rings. The maximum atomic E-state index is 12.1. The van der Waals surface area contributed by atoms with Crippen LogP contribution in [-0.4, -0.2) is 17.0 Å². The minimum Gasteiger partial charge on any atom is -0.478 e. The number of nitrogen functional groups attached to an aromatic ring is 2. The molecule has 2 rings (SSSR count). The van der Waals surface area contributed by atoms with Crippen molar-refractivity contribution in [3.05, 3.63) is 59.7 Å². The van der Waals surface area contributed by atoms with Gasteiger partial charge in [-0.2, -0.15) is 0 Å². The zero-order chi connectivity index (χ0) is 16.1. The first-order valence-corrected chi connectivity index (χ1v) is 6.43. The molecule has 0 saturated heterocycles. The number of carboxylic acids is 1. The second kappa shape index (κ2) is 6.45. The molecule has 0 aliphatic carbocycles. The standard InChI is InChI=1S/C16H15N3O3/c17-13-7-4-11(9-14(13)18)16(22)19-12-5-1-10(2-6-12)3-8-15(20)21/h1-9H,17-18H2,(H,19,22)(H,20,21)/b8-3+. The van der Waals surface area contributed by atoms with Crippen LogP contribution in [0.2, 0.25) is 0 Å². The Labute approximate surface area is 127 Å². The summed E-state index contributed by atoms with van der Waals surface area (Å²) in [6, 6.07) is 11.4. The Hall–Kier alpha value is -3.28. The molecule has 22 heavy (non-hydrogen) atoms. The molecule has 0 saturated carbocycles. The van der Waals surface area contributed by atoms with E-state index in [1.165, 1.54) is 12.1 Å². The Bertz CT molecular complexity index is 737. The van der Waals surface area contributed by atoms with E-state index in [9.17, 15) is 9.59 Å². The summed E-state index contributed by atoms with van der Waals surface area (Å²) in [7, 11) is 0. The number of hydrogen-bond donors (Lipinski definition) is 4. The minimum atomic E-state index is -1.02. The van der Waals surface area contributed by atoms with Gasteiger partial charge in [-0.25, -0.2) is 4.79 Å². The third-order valence-electron chi connectivity index (χ3n) is 2.94. The highest BCUT2D eigenvalue weighted by Crippen LogP contribution is 2.18. The van der Waals surface area contributed by atoms with Gasteiger partial charge in [0.25, 0.3) is 5.91 Å². The molecule has 0 radical (unpaired) electrons. The van der Waals surface area contributed by atoms with E-state index in [1.54, 1.807) is 36.4 Å². The van der Waals surface area contributed by atoms with Gasteiger partial charge in [0, 0.05) is 17.3 Å². The lowest BCUT2D eigenvalue weighted by atomic mass is 10.1.